The highest BCUT2D eigenvalue weighted by molar-refractivity contribution is 7.23. The Hall–Kier alpha value is -5.07. The molecule has 4 aromatic heterocycles. The number of thiophene rings is 1. The van der Waals surface area contributed by atoms with Crippen LogP contribution in [-0.4, -0.2) is 51.2 Å². The Morgan fingerprint density at radius 3 is 2.83 bits per heavy atom. The number of anilines is 1. The van der Waals surface area contributed by atoms with Gasteiger partial charge in [-0.1, -0.05) is 23.7 Å². The zero-order valence-electron chi connectivity index (χ0n) is 28.3. The third-order valence-corrected chi connectivity index (χ3v) is 12.3. The normalized spacial score (nSPS) is 19.9. The summed E-state index contributed by atoms with van der Waals surface area (Å²) in [5.41, 5.74) is 6.58. The third-order valence-electron chi connectivity index (χ3n) is 10.9. The van der Waals surface area contributed by atoms with Crippen LogP contribution >= 0.6 is 22.9 Å². The molecule has 1 N–H and O–H groups in total. The van der Waals surface area contributed by atoms with Crippen molar-refractivity contribution < 1.29 is 23.1 Å². The van der Waals surface area contributed by atoms with Crippen LogP contribution in [-0.2, 0) is 12.8 Å². The number of methoxy groups -OCH3 is 1. The molecule has 0 spiro atoms. The molecule has 10 rings (SSSR count). The predicted octanol–water partition coefficient (Wildman–Crippen LogP) is 8.63. The lowest BCUT2D eigenvalue weighted by molar-refractivity contribution is 0.0776. The molecule has 0 radical (unpaired) electrons. The van der Waals surface area contributed by atoms with Gasteiger partial charge in [0, 0.05) is 58.6 Å². The van der Waals surface area contributed by atoms with E-state index in [0.29, 0.717) is 59.7 Å². The molecule has 262 valence electrons. The smallest absolute Gasteiger partial charge is 0.257 e. The van der Waals surface area contributed by atoms with Crippen LogP contribution in [0.1, 0.15) is 81.6 Å². The van der Waals surface area contributed by atoms with Gasteiger partial charge in [-0.3, -0.25) is 9.78 Å². The van der Waals surface area contributed by atoms with Crippen LogP contribution < -0.4 is 14.8 Å². The number of benzene rings is 2. The summed E-state index contributed by atoms with van der Waals surface area (Å²) >= 11 is 7.87. The van der Waals surface area contributed by atoms with Crippen molar-refractivity contribution in [1.29, 1.82) is 0 Å². The number of pyridine rings is 2. The summed E-state index contributed by atoms with van der Waals surface area (Å²) in [6.45, 7) is 2.93. The summed E-state index contributed by atoms with van der Waals surface area (Å²) in [5, 5.41) is 14.0. The molecular formula is C39H32ClFN6O4S. The summed E-state index contributed by atoms with van der Waals surface area (Å²) in [6.07, 6.45) is 5.60. The van der Waals surface area contributed by atoms with Crippen LogP contribution in [0.4, 0.5) is 10.2 Å². The van der Waals surface area contributed by atoms with Gasteiger partial charge in [-0.15, -0.1) is 21.5 Å². The number of nitrogens with zero attached hydrogens (tertiary/aromatic N) is 5. The van der Waals surface area contributed by atoms with Gasteiger partial charge in [0.1, 0.15) is 11.6 Å². The summed E-state index contributed by atoms with van der Waals surface area (Å²) in [6, 6.07) is 13.0. The Kier molecular flexibility index (Phi) is 7.30. The molecular weight excluding hydrogens is 703 g/mol. The van der Waals surface area contributed by atoms with Crippen molar-refractivity contribution >= 4 is 44.7 Å². The second-order valence-corrected chi connectivity index (χ2v) is 15.3. The third kappa shape index (κ3) is 4.83. The highest BCUT2D eigenvalue weighted by Gasteiger charge is 2.45. The van der Waals surface area contributed by atoms with Gasteiger partial charge in [0.05, 0.1) is 53.0 Å². The van der Waals surface area contributed by atoms with E-state index >= 15 is 0 Å². The summed E-state index contributed by atoms with van der Waals surface area (Å²) in [4.78, 5) is 27.3. The first-order valence-electron chi connectivity index (χ1n) is 17.5. The van der Waals surface area contributed by atoms with Gasteiger partial charge in [-0.05, 0) is 67.0 Å². The van der Waals surface area contributed by atoms with Crippen LogP contribution in [0, 0.1) is 12.7 Å². The van der Waals surface area contributed by atoms with E-state index in [4.69, 9.17) is 35.5 Å². The van der Waals surface area contributed by atoms with E-state index in [1.165, 1.54) is 13.2 Å². The molecule has 4 aliphatic rings. The topological polar surface area (TPSA) is 116 Å². The monoisotopic (exact) mass is 734 g/mol. The van der Waals surface area contributed by atoms with Crippen LogP contribution in [0.3, 0.4) is 0 Å². The number of hydrogen-bond donors (Lipinski definition) is 1. The molecule has 13 heteroatoms. The van der Waals surface area contributed by atoms with E-state index in [0.717, 1.165) is 79.4 Å². The lowest BCUT2D eigenvalue weighted by atomic mass is 9.89. The molecule has 0 bridgehead atoms. The Morgan fingerprint density at radius 1 is 1.10 bits per heavy atom. The Morgan fingerprint density at radius 2 is 1.98 bits per heavy atom. The Labute approximate surface area is 307 Å². The standard InChI is InChI=1S/C39H32ClFN6O4S/c1-18-45-46-38(51-18)31-27(14-20-17-50-29-16-21(40)5-6-22(20)29)43-34-28-4-3-13-47(28)39(48)33(34)32(31)30-15-19-11-12-42-37(36(19)52-30)44-26-10-8-24-23(26)7-9-25(41)35(24)49-2/h5-7,9,11-12,15-16,20,26,28H,3-4,8,10,13-14,17H2,1-2H3,(H,42,44)/t20-,26+,28?/m0/s1. The molecule has 2 aromatic carbocycles. The molecule has 3 atom stereocenters. The maximum atomic E-state index is 14.5. The molecule has 7 heterocycles. The summed E-state index contributed by atoms with van der Waals surface area (Å²) in [7, 11) is 1.51. The van der Waals surface area contributed by atoms with E-state index in [-0.39, 0.29) is 29.7 Å². The lowest BCUT2D eigenvalue weighted by Crippen LogP contribution is -2.22. The van der Waals surface area contributed by atoms with E-state index in [2.05, 4.69) is 21.6 Å². The van der Waals surface area contributed by atoms with Crippen molar-refractivity contribution in [2.24, 2.45) is 0 Å². The fourth-order valence-electron chi connectivity index (χ4n) is 8.59. The second-order valence-electron chi connectivity index (χ2n) is 13.8. The number of amides is 1. The van der Waals surface area contributed by atoms with Crippen molar-refractivity contribution in [2.75, 3.05) is 25.6 Å². The minimum absolute atomic E-state index is 0.00835. The maximum Gasteiger partial charge on any atom is 0.257 e. The number of halogens is 2. The SMILES string of the molecule is COc1c(F)ccc2c1CC[C@H]2Nc1nccc2cc(-c3c4c(nc(C[C@H]5COc6cc(Cl)ccc65)c3-c3nnc(C)o3)C3CCCN3C4=O)sc12. The van der Waals surface area contributed by atoms with E-state index < -0.39 is 0 Å². The van der Waals surface area contributed by atoms with Crippen molar-refractivity contribution in [3.63, 3.8) is 0 Å². The molecule has 6 aromatic rings. The molecule has 1 amide bonds. The first-order chi connectivity index (χ1) is 25.4. The highest BCUT2D eigenvalue weighted by atomic mass is 35.5. The van der Waals surface area contributed by atoms with Crippen LogP contribution in [0.25, 0.3) is 32.0 Å². The van der Waals surface area contributed by atoms with Crippen molar-refractivity contribution in [2.45, 2.75) is 57.0 Å². The quantitative estimate of drug-likeness (QED) is 0.172. The number of aryl methyl sites for hydroxylation is 1. The van der Waals surface area contributed by atoms with Gasteiger partial charge < -0.3 is 24.1 Å². The van der Waals surface area contributed by atoms with Gasteiger partial charge in [-0.2, -0.15) is 0 Å². The number of carbonyl (C=O) groups excluding carboxylic acids is 1. The van der Waals surface area contributed by atoms with E-state index in [9.17, 15) is 9.18 Å². The number of fused-ring (bicyclic) bond motifs is 6. The first kappa shape index (κ1) is 31.6. The van der Waals surface area contributed by atoms with Crippen molar-refractivity contribution in [3.8, 4) is 33.4 Å². The second kappa shape index (κ2) is 12.0. The van der Waals surface area contributed by atoms with Crippen LogP contribution in [0.5, 0.6) is 11.5 Å². The largest absolute Gasteiger partial charge is 0.493 e. The number of rotatable bonds is 7. The van der Waals surface area contributed by atoms with E-state index in [1.54, 1.807) is 24.5 Å². The summed E-state index contributed by atoms with van der Waals surface area (Å²) in [5.74, 6) is 2.18. The highest BCUT2D eigenvalue weighted by Crippen LogP contribution is 2.51. The number of nitrogens with one attached hydrogen (secondary N) is 1. The molecule has 3 aliphatic heterocycles. The number of hydrogen-bond acceptors (Lipinski definition) is 10. The molecule has 1 fully saturated rings. The number of aromatic nitrogens is 4. The molecule has 10 nitrogen and oxygen atoms in total. The maximum absolute atomic E-state index is 14.5. The van der Waals surface area contributed by atoms with Crippen LogP contribution in [0.15, 0.2) is 53.1 Å². The molecule has 0 saturated carbocycles. The van der Waals surface area contributed by atoms with Crippen molar-refractivity contribution in [1.82, 2.24) is 25.1 Å². The molecule has 52 heavy (non-hydrogen) atoms. The zero-order valence-corrected chi connectivity index (χ0v) is 29.9. The fraction of sp³-hybridized carbons (Fsp3) is 0.308. The van der Waals surface area contributed by atoms with Gasteiger partial charge in [0.15, 0.2) is 11.6 Å². The van der Waals surface area contributed by atoms with Gasteiger partial charge in [-0.25, -0.2) is 9.37 Å². The van der Waals surface area contributed by atoms with Gasteiger partial charge >= 0.3 is 0 Å². The van der Waals surface area contributed by atoms with Crippen molar-refractivity contribution in [3.05, 3.63) is 99.0 Å². The lowest BCUT2D eigenvalue weighted by Gasteiger charge is -2.18. The Balaban J connectivity index is 1.14. The van der Waals surface area contributed by atoms with Crippen LogP contribution in [0.2, 0.25) is 5.02 Å². The average molecular weight is 735 g/mol. The molecule has 1 aliphatic carbocycles. The number of carbonyl (C=O) groups is 1. The molecule has 1 unspecified atom stereocenters. The number of ether oxygens (including phenoxy) is 2. The Bertz CT molecular complexity index is 2470. The minimum Gasteiger partial charge on any atom is -0.493 e. The predicted molar refractivity (Wildman–Crippen MR) is 195 cm³/mol. The molecule has 1 saturated heterocycles. The average Bonchev–Trinajstić information content (AvgIpc) is 3.99. The van der Waals surface area contributed by atoms with E-state index in [1.807, 2.05) is 35.2 Å². The minimum atomic E-state index is -0.356. The first-order valence-corrected chi connectivity index (χ1v) is 18.7. The van der Waals surface area contributed by atoms with Gasteiger partial charge in [0.2, 0.25) is 11.8 Å². The summed E-state index contributed by atoms with van der Waals surface area (Å²) < 4.78 is 33.2. The zero-order chi connectivity index (χ0) is 35.2. The fourth-order valence-corrected chi connectivity index (χ4v) is 9.92. The van der Waals surface area contributed by atoms with Gasteiger partial charge in [0.25, 0.3) is 5.91 Å².